The van der Waals surface area contributed by atoms with Crippen LogP contribution in [0.1, 0.15) is 36.2 Å². The molecule has 25 heavy (non-hydrogen) atoms. The molecule has 0 aromatic carbocycles. The summed E-state index contributed by atoms with van der Waals surface area (Å²) in [7, 11) is -3.20. The summed E-state index contributed by atoms with van der Waals surface area (Å²) in [6.07, 6.45) is 4.71. The van der Waals surface area contributed by atoms with Gasteiger partial charge in [-0.3, -0.25) is 4.79 Å². The predicted molar refractivity (Wildman–Crippen MR) is 102 cm³/mol. The number of likely N-dealkylation sites (tertiary alicyclic amines) is 1. The van der Waals surface area contributed by atoms with E-state index < -0.39 is 10.0 Å². The molecule has 0 aliphatic carbocycles. The lowest BCUT2D eigenvalue weighted by Gasteiger charge is -2.35. The molecule has 3 heterocycles. The van der Waals surface area contributed by atoms with Gasteiger partial charge in [-0.05, 0) is 37.1 Å². The van der Waals surface area contributed by atoms with E-state index >= 15 is 0 Å². The lowest BCUT2D eigenvalue weighted by Crippen LogP contribution is -2.45. The Balaban J connectivity index is 1.68. The van der Waals surface area contributed by atoms with Gasteiger partial charge >= 0.3 is 0 Å². The molecule has 0 bridgehead atoms. The monoisotopic (exact) mass is 399 g/mol. The third-order valence-electron chi connectivity index (χ3n) is 4.19. The minimum absolute atomic E-state index is 0.0527. The summed E-state index contributed by atoms with van der Waals surface area (Å²) in [5.41, 5.74) is 0.483. The molecule has 6 nitrogen and oxygen atoms in total. The Labute approximate surface area is 155 Å². The number of amides is 1. The van der Waals surface area contributed by atoms with Gasteiger partial charge < -0.3 is 4.90 Å². The number of piperidine rings is 1. The maximum absolute atomic E-state index is 12.9. The average Bonchev–Trinajstić information content (AvgIpc) is 3.25. The summed E-state index contributed by atoms with van der Waals surface area (Å²) in [4.78, 5) is 20.3. The molecule has 0 spiro atoms. The van der Waals surface area contributed by atoms with E-state index in [1.807, 2.05) is 27.8 Å². The highest BCUT2D eigenvalue weighted by molar-refractivity contribution is 7.88. The molecule has 1 saturated heterocycles. The summed E-state index contributed by atoms with van der Waals surface area (Å²) in [5.74, 6) is -0.0527. The Morgan fingerprint density at radius 1 is 1.40 bits per heavy atom. The largest absolute Gasteiger partial charge is 0.334 e. The van der Waals surface area contributed by atoms with Crippen molar-refractivity contribution in [3.8, 4) is 9.88 Å². The quantitative estimate of drug-likeness (QED) is 0.810. The van der Waals surface area contributed by atoms with Crippen LogP contribution in [0.15, 0.2) is 22.9 Å². The van der Waals surface area contributed by atoms with E-state index in [4.69, 9.17) is 0 Å². The second-order valence-corrected chi connectivity index (χ2v) is 9.76. The molecule has 0 radical (unpaired) electrons. The van der Waals surface area contributed by atoms with Gasteiger partial charge in [0.25, 0.3) is 5.91 Å². The first-order valence-corrected chi connectivity index (χ1v) is 11.8. The van der Waals surface area contributed by atoms with Crippen molar-refractivity contribution in [2.75, 3.05) is 19.3 Å². The van der Waals surface area contributed by atoms with E-state index in [-0.39, 0.29) is 11.9 Å². The van der Waals surface area contributed by atoms with Crippen LogP contribution in [0.3, 0.4) is 0 Å². The summed E-state index contributed by atoms with van der Waals surface area (Å²) >= 11 is 3.09. The number of hydrogen-bond acceptors (Lipinski definition) is 6. The van der Waals surface area contributed by atoms with Crippen LogP contribution in [-0.4, -0.2) is 49.6 Å². The van der Waals surface area contributed by atoms with Gasteiger partial charge in [-0.15, -0.1) is 22.7 Å². The lowest BCUT2D eigenvalue weighted by atomic mass is 9.99. The molecule has 0 saturated carbocycles. The van der Waals surface area contributed by atoms with Crippen molar-refractivity contribution >= 4 is 38.6 Å². The number of hydrogen-bond donors (Lipinski definition) is 1. The first-order valence-electron chi connectivity index (χ1n) is 8.19. The van der Waals surface area contributed by atoms with Crippen LogP contribution in [0.4, 0.5) is 0 Å². The second kappa shape index (κ2) is 7.94. The molecule has 1 atom stereocenters. The van der Waals surface area contributed by atoms with Crippen molar-refractivity contribution in [3.63, 3.8) is 0 Å². The van der Waals surface area contributed by atoms with Crippen LogP contribution < -0.4 is 4.72 Å². The molecule has 1 fully saturated rings. The Hall–Kier alpha value is -1.29. The van der Waals surface area contributed by atoms with E-state index in [2.05, 4.69) is 9.71 Å². The van der Waals surface area contributed by atoms with Gasteiger partial charge in [0.15, 0.2) is 0 Å². The molecule has 2 aromatic rings. The molecule has 1 N–H and O–H groups in total. The fourth-order valence-corrected chi connectivity index (χ4v) is 5.11. The molecule has 1 unspecified atom stereocenters. The highest BCUT2D eigenvalue weighted by Crippen LogP contribution is 2.29. The van der Waals surface area contributed by atoms with Crippen molar-refractivity contribution in [1.82, 2.24) is 14.6 Å². The van der Waals surface area contributed by atoms with Gasteiger partial charge in [0.1, 0.15) is 10.7 Å². The van der Waals surface area contributed by atoms with Crippen molar-refractivity contribution in [1.29, 1.82) is 0 Å². The lowest BCUT2D eigenvalue weighted by molar-refractivity contribution is 0.0599. The smallest absolute Gasteiger partial charge is 0.273 e. The average molecular weight is 400 g/mol. The van der Waals surface area contributed by atoms with Crippen LogP contribution in [0.5, 0.6) is 0 Å². The third-order valence-corrected chi connectivity index (χ3v) is 6.79. The van der Waals surface area contributed by atoms with Crippen LogP contribution >= 0.6 is 22.7 Å². The number of carbonyl (C=O) groups is 1. The van der Waals surface area contributed by atoms with E-state index in [1.165, 1.54) is 11.3 Å². The van der Waals surface area contributed by atoms with Crippen molar-refractivity contribution in [3.05, 3.63) is 28.6 Å². The molecule has 1 aliphatic heterocycles. The van der Waals surface area contributed by atoms with Gasteiger partial charge in [-0.25, -0.2) is 18.1 Å². The number of aromatic nitrogens is 1. The molecular weight excluding hydrogens is 378 g/mol. The number of nitrogens with one attached hydrogen (secondary N) is 1. The predicted octanol–water partition coefficient (Wildman–Crippen LogP) is 2.81. The van der Waals surface area contributed by atoms with Gasteiger partial charge in [0, 0.05) is 24.5 Å². The van der Waals surface area contributed by atoms with Crippen LogP contribution in [0.2, 0.25) is 0 Å². The molecule has 9 heteroatoms. The number of nitrogens with zero attached hydrogens (tertiary/aromatic N) is 2. The zero-order chi connectivity index (χ0) is 17.9. The third kappa shape index (κ3) is 4.87. The van der Waals surface area contributed by atoms with E-state index in [1.54, 1.807) is 11.3 Å². The van der Waals surface area contributed by atoms with Gasteiger partial charge in [-0.2, -0.15) is 0 Å². The zero-order valence-corrected chi connectivity index (χ0v) is 16.4. The SMILES string of the molecule is CS(=O)(=O)NCCC1CCCCN1C(=O)c1csc(-c2cccs2)n1. The fraction of sp³-hybridized carbons (Fsp3) is 0.500. The maximum Gasteiger partial charge on any atom is 0.273 e. The van der Waals surface area contributed by atoms with Crippen LogP contribution in [-0.2, 0) is 10.0 Å². The number of rotatable bonds is 6. The second-order valence-electron chi connectivity index (χ2n) is 6.12. The van der Waals surface area contributed by atoms with E-state index in [9.17, 15) is 13.2 Å². The highest BCUT2D eigenvalue weighted by Gasteiger charge is 2.28. The maximum atomic E-state index is 12.9. The summed E-state index contributed by atoms with van der Waals surface area (Å²) < 4.78 is 25.0. The Bertz CT molecular complexity index is 815. The molecular formula is C16H21N3O3S3. The van der Waals surface area contributed by atoms with E-state index in [0.29, 0.717) is 25.2 Å². The first kappa shape index (κ1) is 18.5. The van der Waals surface area contributed by atoms with Gasteiger partial charge in [-0.1, -0.05) is 6.07 Å². The van der Waals surface area contributed by atoms with Crippen molar-refractivity contribution < 1.29 is 13.2 Å². The number of carbonyl (C=O) groups excluding carboxylic acids is 1. The number of thiophene rings is 1. The highest BCUT2D eigenvalue weighted by atomic mass is 32.2. The van der Waals surface area contributed by atoms with Crippen molar-refractivity contribution in [2.45, 2.75) is 31.7 Å². The van der Waals surface area contributed by atoms with Crippen LogP contribution in [0, 0.1) is 0 Å². The molecule has 2 aromatic heterocycles. The van der Waals surface area contributed by atoms with Crippen molar-refractivity contribution in [2.24, 2.45) is 0 Å². The minimum atomic E-state index is -3.20. The van der Waals surface area contributed by atoms with E-state index in [0.717, 1.165) is 35.4 Å². The fourth-order valence-electron chi connectivity index (χ4n) is 3.01. The molecule has 1 aliphatic rings. The summed E-state index contributed by atoms with van der Waals surface area (Å²) in [5, 5.41) is 4.68. The summed E-state index contributed by atoms with van der Waals surface area (Å²) in [6, 6.07) is 4.03. The zero-order valence-electron chi connectivity index (χ0n) is 14.0. The summed E-state index contributed by atoms with van der Waals surface area (Å²) in [6.45, 7) is 1.05. The topological polar surface area (TPSA) is 79.4 Å². The molecule has 1 amide bonds. The standard InChI is InChI=1S/C16H21N3O3S3/c1-25(21,22)17-8-7-12-5-2-3-9-19(12)16(20)13-11-24-15(18-13)14-6-4-10-23-14/h4,6,10-12,17H,2-3,5,7-9H2,1H3. The number of sulfonamides is 1. The van der Waals surface area contributed by atoms with Gasteiger partial charge in [0.2, 0.25) is 10.0 Å². The normalized spacial score (nSPS) is 18.4. The molecule has 3 rings (SSSR count). The Morgan fingerprint density at radius 3 is 2.96 bits per heavy atom. The minimum Gasteiger partial charge on any atom is -0.334 e. The number of thiazole rings is 1. The molecule has 136 valence electrons. The van der Waals surface area contributed by atoms with Crippen LogP contribution in [0.25, 0.3) is 9.88 Å². The Kier molecular flexibility index (Phi) is 5.88. The Morgan fingerprint density at radius 2 is 2.24 bits per heavy atom. The van der Waals surface area contributed by atoms with Gasteiger partial charge in [0.05, 0.1) is 11.1 Å². The first-order chi connectivity index (χ1) is 11.9.